The van der Waals surface area contributed by atoms with Crippen LogP contribution in [0.4, 0.5) is 8.78 Å². The first-order chi connectivity index (χ1) is 5.55. The Balaban J connectivity index is 2.98. The Labute approximate surface area is 71.2 Å². The van der Waals surface area contributed by atoms with E-state index in [0.717, 1.165) is 0 Å². The van der Waals surface area contributed by atoms with Crippen molar-refractivity contribution in [1.29, 1.82) is 0 Å². The lowest BCUT2D eigenvalue weighted by Crippen LogP contribution is -2.18. The summed E-state index contributed by atoms with van der Waals surface area (Å²) in [5.74, 6) is -2.67. The average molecular weight is 169 g/mol. The van der Waals surface area contributed by atoms with E-state index in [1.54, 1.807) is 18.2 Å². The van der Waals surface area contributed by atoms with Crippen LogP contribution in [0.3, 0.4) is 0 Å². The summed E-state index contributed by atoms with van der Waals surface area (Å²) in [6.45, 7) is 2.88. The van der Waals surface area contributed by atoms with Gasteiger partial charge in [0.25, 0.3) is 5.92 Å². The molecule has 0 spiro atoms. The lowest BCUT2D eigenvalue weighted by atomic mass is 9.98. The molecule has 0 saturated heterocycles. The molecular formula is C10H11F2. The van der Waals surface area contributed by atoms with Crippen LogP contribution in [0, 0.1) is 5.92 Å². The van der Waals surface area contributed by atoms with Crippen LogP contribution in [0.1, 0.15) is 19.4 Å². The molecule has 65 valence electrons. The summed E-state index contributed by atoms with van der Waals surface area (Å²) in [5.41, 5.74) is 0.0602. The zero-order chi connectivity index (χ0) is 9.19. The summed E-state index contributed by atoms with van der Waals surface area (Å²) >= 11 is 0. The van der Waals surface area contributed by atoms with E-state index in [-0.39, 0.29) is 11.5 Å². The summed E-state index contributed by atoms with van der Waals surface area (Å²) in [7, 11) is 0. The number of halogens is 2. The molecule has 0 amide bonds. The van der Waals surface area contributed by atoms with Gasteiger partial charge in [-0.25, -0.2) is 8.78 Å². The van der Waals surface area contributed by atoms with Crippen molar-refractivity contribution in [3.8, 4) is 0 Å². The highest BCUT2D eigenvalue weighted by molar-refractivity contribution is 5.24. The second-order valence-corrected chi connectivity index (χ2v) is 2.94. The summed E-state index contributed by atoms with van der Waals surface area (Å²) < 4.78 is 26.5. The van der Waals surface area contributed by atoms with Gasteiger partial charge in [0, 0.05) is 11.5 Å². The number of alkyl halides is 2. The number of rotatable bonds is 2. The van der Waals surface area contributed by atoms with Crippen molar-refractivity contribution in [2.24, 2.45) is 0 Å². The van der Waals surface area contributed by atoms with Crippen molar-refractivity contribution < 1.29 is 8.78 Å². The summed E-state index contributed by atoms with van der Waals surface area (Å²) in [6.07, 6.45) is 0. The van der Waals surface area contributed by atoms with Gasteiger partial charge in [-0.15, -0.1) is 0 Å². The van der Waals surface area contributed by atoms with E-state index in [1.807, 2.05) is 0 Å². The predicted octanol–water partition coefficient (Wildman–Crippen LogP) is 3.39. The van der Waals surface area contributed by atoms with Gasteiger partial charge in [0.1, 0.15) is 0 Å². The van der Waals surface area contributed by atoms with Crippen LogP contribution in [-0.4, -0.2) is 0 Å². The van der Waals surface area contributed by atoms with Gasteiger partial charge in [-0.1, -0.05) is 44.2 Å². The fraction of sp³-hybridized carbons (Fsp3) is 0.300. The van der Waals surface area contributed by atoms with Gasteiger partial charge in [-0.3, -0.25) is 0 Å². The largest absolute Gasteiger partial charge is 0.278 e. The lowest BCUT2D eigenvalue weighted by molar-refractivity contribution is 0.0137. The number of hydrogen-bond donors (Lipinski definition) is 0. The minimum Gasteiger partial charge on any atom is -0.201 e. The molecule has 1 rings (SSSR count). The Hall–Kier alpha value is -0.920. The topological polar surface area (TPSA) is 0 Å². The second-order valence-electron chi connectivity index (χ2n) is 2.94. The molecule has 0 atom stereocenters. The molecular weight excluding hydrogens is 158 g/mol. The third-order valence-corrected chi connectivity index (χ3v) is 1.76. The molecule has 0 saturated carbocycles. The normalized spacial score (nSPS) is 12.1. The minimum absolute atomic E-state index is 0.0602. The van der Waals surface area contributed by atoms with Gasteiger partial charge in [0.15, 0.2) is 0 Å². The SMILES string of the molecule is C[C](C)C(F)(F)c1ccccc1. The van der Waals surface area contributed by atoms with Crippen molar-refractivity contribution >= 4 is 0 Å². The molecule has 0 aromatic heterocycles. The highest BCUT2D eigenvalue weighted by Gasteiger charge is 2.35. The average Bonchev–Trinajstić information content (AvgIpc) is 2.06. The molecule has 0 bridgehead atoms. The van der Waals surface area contributed by atoms with Crippen LogP contribution in [0.25, 0.3) is 0 Å². The van der Waals surface area contributed by atoms with Crippen molar-refractivity contribution in [2.45, 2.75) is 19.8 Å². The highest BCUT2D eigenvalue weighted by atomic mass is 19.3. The first kappa shape index (κ1) is 9.17. The molecule has 2 heteroatoms. The van der Waals surface area contributed by atoms with Crippen molar-refractivity contribution in [1.82, 2.24) is 0 Å². The van der Waals surface area contributed by atoms with Gasteiger partial charge in [-0.2, -0.15) is 0 Å². The summed E-state index contributed by atoms with van der Waals surface area (Å²) in [4.78, 5) is 0. The van der Waals surface area contributed by atoms with E-state index in [1.165, 1.54) is 26.0 Å². The Kier molecular flexibility index (Phi) is 2.46. The molecule has 0 aliphatic rings. The third-order valence-electron chi connectivity index (χ3n) is 1.76. The Morgan fingerprint density at radius 1 is 1.08 bits per heavy atom. The molecule has 0 aliphatic heterocycles. The quantitative estimate of drug-likeness (QED) is 0.636. The Morgan fingerprint density at radius 3 is 2.00 bits per heavy atom. The molecule has 1 aromatic rings. The van der Waals surface area contributed by atoms with E-state index in [2.05, 4.69) is 0 Å². The van der Waals surface area contributed by atoms with Crippen LogP contribution >= 0.6 is 0 Å². The van der Waals surface area contributed by atoms with Gasteiger partial charge < -0.3 is 0 Å². The maximum atomic E-state index is 13.2. The number of benzene rings is 1. The molecule has 0 fully saturated rings. The molecule has 0 heterocycles. The molecule has 0 aliphatic carbocycles. The molecule has 12 heavy (non-hydrogen) atoms. The van der Waals surface area contributed by atoms with Crippen LogP contribution in [-0.2, 0) is 5.92 Å². The smallest absolute Gasteiger partial charge is 0.201 e. The fourth-order valence-electron chi connectivity index (χ4n) is 0.936. The maximum absolute atomic E-state index is 13.2. The van der Waals surface area contributed by atoms with Crippen LogP contribution in [0.2, 0.25) is 0 Å². The first-order valence-electron chi connectivity index (χ1n) is 3.79. The Morgan fingerprint density at radius 2 is 1.58 bits per heavy atom. The summed E-state index contributed by atoms with van der Waals surface area (Å²) in [5, 5.41) is 0. The van der Waals surface area contributed by atoms with Crippen LogP contribution in [0.15, 0.2) is 30.3 Å². The van der Waals surface area contributed by atoms with E-state index in [4.69, 9.17) is 0 Å². The third kappa shape index (κ3) is 1.63. The van der Waals surface area contributed by atoms with Crippen LogP contribution < -0.4 is 0 Å². The van der Waals surface area contributed by atoms with Crippen molar-refractivity contribution in [2.75, 3.05) is 0 Å². The van der Waals surface area contributed by atoms with Crippen molar-refractivity contribution in [3.05, 3.63) is 41.8 Å². The van der Waals surface area contributed by atoms with Gasteiger partial charge in [-0.05, 0) is 0 Å². The van der Waals surface area contributed by atoms with Gasteiger partial charge in [0.2, 0.25) is 0 Å². The molecule has 1 aromatic carbocycles. The first-order valence-corrected chi connectivity index (χ1v) is 3.79. The fourth-order valence-corrected chi connectivity index (χ4v) is 0.936. The van der Waals surface area contributed by atoms with Gasteiger partial charge >= 0.3 is 0 Å². The van der Waals surface area contributed by atoms with E-state index in [0.29, 0.717) is 0 Å². The Bertz CT molecular complexity index is 239. The lowest BCUT2D eigenvalue weighted by Gasteiger charge is -2.19. The van der Waals surface area contributed by atoms with E-state index in [9.17, 15) is 8.78 Å². The predicted molar refractivity (Wildman–Crippen MR) is 44.9 cm³/mol. The standard InChI is InChI=1S/C10H11F2/c1-8(2)10(11,12)9-6-4-3-5-7-9/h3-7H,1-2H3. The monoisotopic (exact) mass is 169 g/mol. The zero-order valence-electron chi connectivity index (χ0n) is 7.14. The van der Waals surface area contributed by atoms with Crippen LogP contribution in [0.5, 0.6) is 0 Å². The maximum Gasteiger partial charge on any atom is 0.278 e. The van der Waals surface area contributed by atoms with E-state index < -0.39 is 5.92 Å². The van der Waals surface area contributed by atoms with E-state index >= 15 is 0 Å². The second kappa shape index (κ2) is 3.21. The van der Waals surface area contributed by atoms with Crippen molar-refractivity contribution in [3.63, 3.8) is 0 Å². The molecule has 0 N–H and O–H groups in total. The van der Waals surface area contributed by atoms with Gasteiger partial charge in [0.05, 0.1) is 0 Å². The molecule has 0 nitrogen and oxygen atoms in total. The minimum atomic E-state index is -2.79. The molecule has 0 unspecified atom stereocenters. The highest BCUT2D eigenvalue weighted by Crippen LogP contribution is 2.36. The molecule has 1 radical (unpaired) electrons. The zero-order valence-corrected chi connectivity index (χ0v) is 7.14. The summed E-state index contributed by atoms with van der Waals surface area (Å²) in [6, 6.07) is 7.84. The number of hydrogen-bond acceptors (Lipinski definition) is 0.